The number of amides is 2. The molecule has 1 N–H and O–H groups in total. The van der Waals surface area contributed by atoms with Gasteiger partial charge in [-0.15, -0.1) is 12.4 Å². The molecule has 0 unspecified atom stereocenters. The Labute approximate surface area is 156 Å². The van der Waals surface area contributed by atoms with Crippen molar-refractivity contribution in [2.45, 2.75) is 33.1 Å². The second-order valence-corrected chi connectivity index (χ2v) is 7.24. The van der Waals surface area contributed by atoms with Crippen molar-refractivity contribution in [3.8, 4) is 0 Å². The number of hydrogen-bond donors (Lipinski definition) is 1. The summed E-state index contributed by atoms with van der Waals surface area (Å²) in [6.45, 7) is 9.13. The number of hydrogen-bond acceptors (Lipinski definition) is 3. The summed E-state index contributed by atoms with van der Waals surface area (Å²) in [4.78, 5) is 28.6. The summed E-state index contributed by atoms with van der Waals surface area (Å²) in [5.74, 6) is 0.887. The highest BCUT2D eigenvalue weighted by molar-refractivity contribution is 5.98. The van der Waals surface area contributed by atoms with Gasteiger partial charge in [-0.05, 0) is 49.1 Å². The minimum absolute atomic E-state index is 0. The molecule has 0 aliphatic carbocycles. The molecule has 2 aliphatic rings. The van der Waals surface area contributed by atoms with E-state index in [0.29, 0.717) is 12.8 Å². The Balaban J connectivity index is 0.00000225. The fraction of sp³-hybridized carbons (Fsp3) is 0.579. The summed E-state index contributed by atoms with van der Waals surface area (Å²) in [7, 11) is 0. The number of fused-ring (bicyclic) bond motifs is 1. The first-order chi connectivity index (χ1) is 11.5. The topological polar surface area (TPSA) is 52.7 Å². The third-order valence-electron chi connectivity index (χ3n) is 4.93. The van der Waals surface area contributed by atoms with Gasteiger partial charge in [-0.25, -0.2) is 0 Å². The summed E-state index contributed by atoms with van der Waals surface area (Å²) in [6, 6.07) is 5.64. The summed E-state index contributed by atoms with van der Waals surface area (Å²) in [5, 5.41) is 2.86. The van der Waals surface area contributed by atoms with Gasteiger partial charge in [0, 0.05) is 43.9 Å². The van der Waals surface area contributed by atoms with Gasteiger partial charge in [0.2, 0.25) is 5.91 Å². The van der Waals surface area contributed by atoms with E-state index in [1.54, 1.807) is 0 Å². The first-order valence-corrected chi connectivity index (χ1v) is 8.97. The van der Waals surface area contributed by atoms with E-state index in [0.717, 1.165) is 55.5 Å². The van der Waals surface area contributed by atoms with Crippen molar-refractivity contribution in [1.29, 1.82) is 0 Å². The Hall–Kier alpha value is -1.59. The number of carbonyl (C=O) groups excluding carboxylic acids is 2. The minimum atomic E-state index is 0. The Kier molecular flexibility index (Phi) is 6.85. The van der Waals surface area contributed by atoms with Crippen LogP contribution in [0.5, 0.6) is 0 Å². The molecule has 0 atom stereocenters. The first kappa shape index (κ1) is 19.7. The number of anilines is 1. The standard InChI is InChI=1S/C19H27N3O2.ClH/c1-14(2)7-8-21-9-11-22(12-10-21)19(24)16-3-5-17-15(13-16)4-6-18(23)20-17;/h3,5,13-14H,4,6-12H2,1-2H3,(H,20,23);1H. The van der Waals surface area contributed by atoms with Gasteiger partial charge in [0.1, 0.15) is 0 Å². The number of rotatable bonds is 4. The molecule has 138 valence electrons. The Bertz CT molecular complexity index is 625. The van der Waals surface area contributed by atoms with Gasteiger partial charge in [-0.1, -0.05) is 13.8 Å². The quantitative estimate of drug-likeness (QED) is 0.892. The van der Waals surface area contributed by atoms with Crippen LogP contribution < -0.4 is 5.32 Å². The molecule has 0 aromatic heterocycles. The average molecular weight is 366 g/mol. The molecule has 2 heterocycles. The van der Waals surface area contributed by atoms with Crippen LogP contribution in [0.2, 0.25) is 0 Å². The van der Waals surface area contributed by atoms with Gasteiger partial charge in [0.15, 0.2) is 0 Å². The molecule has 1 aromatic rings. The molecule has 0 radical (unpaired) electrons. The van der Waals surface area contributed by atoms with E-state index in [1.165, 1.54) is 6.42 Å². The monoisotopic (exact) mass is 365 g/mol. The number of aryl methyl sites for hydroxylation is 1. The van der Waals surface area contributed by atoms with Crippen molar-refractivity contribution >= 4 is 29.9 Å². The maximum Gasteiger partial charge on any atom is 0.253 e. The highest BCUT2D eigenvalue weighted by atomic mass is 35.5. The molecule has 1 fully saturated rings. The van der Waals surface area contributed by atoms with Crippen LogP contribution in [-0.2, 0) is 11.2 Å². The van der Waals surface area contributed by atoms with E-state index in [9.17, 15) is 9.59 Å². The van der Waals surface area contributed by atoms with Gasteiger partial charge < -0.3 is 10.2 Å². The summed E-state index contributed by atoms with van der Waals surface area (Å²) < 4.78 is 0. The molecule has 6 heteroatoms. The molecule has 25 heavy (non-hydrogen) atoms. The first-order valence-electron chi connectivity index (χ1n) is 8.97. The van der Waals surface area contributed by atoms with Crippen LogP contribution in [0.3, 0.4) is 0 Å². The third-order valence-corrected chi connectivity index (χ3v) is 4.93. The molecular formula is C19H28ClN3O2. The zero-order valence-corrected chi connectivity index (χ0v) is 15.9. The average Bonchev–Trinajstić information content (AvgIpc) is 2.59. The molecule has 1 aromatic carbocycles. The van der Waals surface area contributed by atoms with E-state index in [4.69, 9.17) is 0 Å². The van der Waals surface area contributed by atoms with Crippen LogP contribution in [0, 0.1) is 5.92 Å². The molecule has 1 saturated heterocycles. The minimum Gasteiger partial charge on any atom is -0.336 e. The molecular weight excluding hydrogens is 338 g/mol. The third kappa shape index (κ3) is 4.95. The van der Waals surface area contributed by atoms with Crippen LogP contribution >= 0.6 is 12.4 Å². The fourth-order valence-corrected chi connectivity index (χ4v) is 3.31. The van der Waals surface area contributed by atoms with Gasteiger partial charge >= 0.3 is 0 Å². The SMILES string of the molecule is CC(C)CCN1CCN(C(=O)c2ccc3c(c2)CCC(=O)N3)CC1.Cl. The normalized spacial score (nSPS) is 17.7. The number of halogens is 1. The number of benzene rings is 1. The molecule has 5 nitrogen and oxygen atoms in total. The lowest BCUT2D eigenvalue weighted by molar-refractivity contribution is -0.116. The second-order valence-electron chi connectivity index (χ2n) is 7.24. The number of nitrogens with zero attached hydrogens (tertiary/aromatic N) is 2. The van der Waals surface area contributed by atoms with E-state index in [-0.39, 0.29) is 24.2 Å². The van der Waals surface area contributed by atoms with Crippen molar-refractivity contribution in [3.63, 3.8) is 0 Å². The summed E-state index contributed by atoms with van der Waals surface area (Å²) >= 11 is 0. The predicted octanol–water partition coefficient (Wildman–Crippen LogP) is 2.80. The predicted molar refractivity (Wildman–Crippen MR) is 102 cm³/mol. The summed E-state index contributed by atoms with van der Waals surface area (Å²) in [5.41, 5.74) is 2.65. The van der Waals surface area contributed by atoms with E-state index < -0.39 is 0 Å². The van der Waals surface area contributed by atoms with Crippen LogP contribution in [0.25, 0.3) is 0 Å². The van der Waals surface area contributed by atoms with Crippen LogP contribution in [-0.4, -0.2) is 54.3 Å². The van der Waals surface area contributed by atoms with Crippen molar-refractivity contribution in [2.75, 3.05) is 38.0 Å². The molecule has 2 aliphatic heterocycles. The van der Waals surface area contributed by atoms with Crippen LogP contribution in [0.4, 0.5) is 5.69 Å². The lowest BCUT2D eigenvalue weighted by Crippen LogP contribution is -2.49. The molecule has 0 bridgehead atoms. The number of piperazine rings is 1. The van der Waals surface area contributed by atoms with Gasteiger partial charge in [0.25, 0.3) is 5.91 Å². The van der Waals surface area contributed by atoms with Gasteiger partial charge in [-0.3, -0.25) is 14.5 Å². The lowest BCUT2D eigenvalue weighted by atomic mass is 10.00. The lowest BCUT2D eigenvalue weighted by Gasteiger charge is -2.35. The number of carbonyl (C=O) groups is 2. The van der Waals surface area contributed by atoms with Gasteiger partial charge in [-0.2, -0.15) is 0 Å². The van der Waals surface area contributed by atoms with E-state index >= 15 is 0 Å². The zero-order chi connectivity index (χ0) is 17.1. The Morgan fingerprint density at radius 3 is 2.56 bits per heavy atom. The number of nitrogens with one attached hydrogen (secondary N) is 1. The molecule has 3 rings (SSSR count). The summed E-state index contributed by atoms with van der Waals surface area (Å²) in [6.07, 6.45) is 2.43. The highest BCUT2D eigenvalue weighted by Gasteiger charge is 2.23. The van der Waals surface area contributed by atoms with Crippen LogP contribution in [0.15, 0.2) is 18.2 Å². The van der Waals surface area contributed by atoms with Crippen molar-refractivity contribution in [1.82, 2.24) is 9.80 Å². The van der Waals surface area contributed by atoms with Crippen molar-refractivity contribution < 1.29 is 9.59 Å². The maximum atomic E-state index is 12.7. The largest absolute Gasteiger partial charge is 0.336 e. The highest BCUT2D eigenvalue weighted by Crippen LogP contribution is 2.24. The molecule has 0 saturated carbocycles. The maximum absolute atomic E-state index is 12.7. The zero-order valence-electron chi connectivity index (χ0n) is 15.1. The van der Waals surface area contributed by atoms with Crippen molar-refractivity contribution in [3.05, 3.63) is 29.3 Å². The van der Waals surface area contributed by atoms with Gasteiger partial charge in [0.05, 0.1) is 0 Å². The molecule has 0 spiro atoms. The molecule has 2 amide bonds. The fourth-order valence-electron chi connectivity index (χ4n) is 3.31. The Morgan fingerprint density at radius 2 is 1.88 bits per heavy atom. The smallest absolute Gasteiger partial charge is 0.253 e. The van der Waals surface area contributed by atoms with E-state index in [2.05, 4.69) is 24.1 Å². The van der Waals surface area contributed by atoms with E-state index in [1.807, 2.05) is 23.1 Å². The Morgan fingerprint density at radius 1 is 1.16 bits per heavy atom. The van der Waals surface area contributed by atoms with Crippen LogP contribution in [0.1, 0.15) is 42.6 Å². The second kappa shape index (κ2) is 8.68. The van der Waals surface area contributed by atoms with Crippen molar-refractivity contribution in [2.24, 2.45) is 5.92 Å².